The summed E-state index contributed by atoms with van der Waals surface area (Å²) >= 11 is 0. The van der Waals surface area contributed by atoms with Crippen molar-refractivity contribution in [1.29, 1.82) is 0 Å². The Bertz CT molecular complexity index is 503. The van der Waals surface area contributed by atoms with Gasteiger partial charge in [-0.15, -0.1) is 0 Å². The first-order chi connectivity index (χ1) is 10.9. The van der Waals surface area contributed by atoms with Gasteiger partial charge >= 0.3 is 6.18 Å². The third kappa shape index (κ3) is 5.09. The average molecular weight is 332 g/mol. The van der Waals surface area contributed by atoms with Crippen LogP contribution < -0.4 is 10.1 Å². The fourth-order valence-electron chi connectivity index (χ4n) is 2.67. The van der Waals surface area contributed by atoms with Crippen LogP contribution in [0.15, 0.2) is 18.2 Å². The molecule has 4 nitrogen and oxygen atoms in total. The predicted octanol–water partition coefficient (Wildman–Crippen LogP) is 2.43. The number of aliphatic hydroxyl groups is 1. The third-order valence-electron chi connectivity index (χ3n) is 3.92. The van der Waals surface area contributed by atoms with E-state index in [1.807, 2.05) is 0 Å². The Morgan fingerprint density at radius 2 is 2.00 bits per heavy atom. The summed E-state index contributed by atoms with van der Waals surface area (Å²) in [6.07, 6.45) is -5.03. The first kappa shape index (κ1) is 18.0. The lowest BCUT2D eigenvalue weighted by molar-refractivity contribution is -0.137. The fraction of sp³-hybridized carbons (Fsp3) is 0.625. The molecule has 0 saturated carbocycles. The number of nitrogens with zero attached hydrogens (tertiary/aromatic N) is 1. The molecule has 23 heavy (non-hydrogen) atoms. The molecule has 1 aromatic carbocycles. The van der Waals surface area contributed by atoms with Gasteiger partial charge in [0, 0.05) is 38.3 Å². The lowest BCUT2D eigenvalue weighted by Gasteiger charge is -2.28. The summed E-state index contributed by atoms with van der Waals surface area (Å²) < 4.78 is 44.0. The average Bonchev–Trinajstić information content (AvgIpc) is 2.53. The topological polar surface area (TPSA) is 44.7 Å². The molecule has 1 aromatic rings. The predicted molar refractivity (Wildman–Crippen MR) is 81.5 cm³/mol. The van der Waals surface area contributed by atoms with Crippen LogP contribution in [-0.4, -0.2) is 49.3 Å². The van der Waals surface area contributed by atoms with E-state index in [2.05, 4.69) is 10.2 Å². The van der Waals surface area contributed by atoms with Gasteiger partial charge in [-0.3, -0.25) is 0 Å². The van der Waals surface area contributed by atoms with E-state index in [0.717, 1.165) is 38.3 Å². The number of benzene rings is 1. The zero-order valence-electron chi connectivity index (χ0n) is 13.2. The second kappa shape index (κ2) is 7.99. The SMILES string of the molecule is CCOc1ccc(C(F)(F)F)cc1C(O)CCN1CCNCC1. The minimum Gasteiger partial charge on any atom is -0.493 e. The number of piperazine rings is 1. The van der Waals surface area contributed by atoms with Gasteiger partial charge in [0.15, 0.2) is 0 Å². The smallest absolute Gasteiger partial charge is 0.416 e. The molecule has 0 radical (unpaired) electrons. The van der Waals surface area contributed by atoms with Gasteiger partial charge < -0.3 is 20.1 Å². The van der Waals surface area contributed by atoms with Gasteiger partial charge in [0.25, 0.3) is 0 Å². The standard InChI is InChI=1S/C16H23F3N2O2/c1-2-23-15-4-3-12(16(17,18)19)11-13(15)14(22)5-8-21-9-6-20-7-10-21/h3-4,11,14,20,22H,2,5-10H2,1H3. The zero-order chi connectivity index (χ0) is 16.9. The molecule has 1 unspecified atom stereocenters. The highest BCUT2D eigenvalue weighted by atomic mass is 19.4. The van der Waals surface area contributed by atoms with Crippen LogP contribution in [0.1, 0.15) is 30.6 Å². The molecule has 1 aliphatic rings. The van der Waals surface area contributed by atoms with Crippen LogP contribution in [0, 0.1) is 0 Å². The largest absolute Gasteiger partial charge is 0.493 e. The molecule has 0 aliphatic carbocycles. The molecule has 7 heteroatoms. The van der Waals surface area contributed by atoms with Crippen molar-refractivity contribution in [2.75, 3.05) is 39.3 Å². The first-order valence-corrected chi connectivity index (χ1v) is 7.87. The second-order valence-electron chi connectivity index (χ2n) is 5.58. The van der Waals surface area contributed by atoms with Gasteiger partial charge in [0.1, 0.15) is 5.75 Å². The van der Waals surface area contributed by atoms with Gasteiger partial charge in [-0.2, -0.15) is 13.2 Å². The van der Waals surface area contributed by atoms with Crippen LogP contribution in [-0.2, 0) is 6.18 Å². The number of hydrogen-bond donors (Lipinski definition) is 2. The van der Waals surface area contributed by atoms with E-state index >= 15 is 0 Å². The highest BCUT2D eigenvalue weighted by molar-refractivity contribution is 5.40. The summed E-state index contributed by atoms with van der Waals surface area (Å²) in [6, 6.07) is 3.26. The zero-order valence-corrected chi connectivity index (χ0v) is 13.2. The van der Waals surface area contributed by atoms with Crippen LogP contribution in [0.5, 0.6) is 5.75 Å². The fourth-order valence-corrected chi connectivity index (χ4v) is 2.67. The molecular weight excluding hydrogens is 309 g/mol. The minimum atomic E-state index is -4.43. The van der Waals surface area contributed by atoms with Crippen molar-refractivity contribution in [3.63, 3.8) is 0 Å². The summed E-state index contributed by atoms with van der Waals surface area (Å²) in [5, 5.41) is 13.6. The van der Waals surface area contributed by atoms with Crippen LogP contribution in [0.2, 0.25) is 0 Å². The van der Waals surface area contributed by atoms with E-state index in [-0.39, 0.29) is 5.56 Å². The Balaban J connectivity index is 2.10. The summed E-state index contributed by atoms with van der Waals surface area (Å²) in [7, 11) is 0. The van der Waals surface area contributed by atoms with Crippen molar-refractivity contribution >= 4 is 0 Å². The monoisotopic (exact) mass is 332 g/mol. The van der Waals surface area contributed by atoms with Crippen LogP contribution >= 0.6 is 0 Å². The van der Waals surface area contributed by atoms with E-state index in [9.17, 15) is 18.3 Å². The van der Waals surface area contributed by atoms with Gasteiger partial charge in [0.05, 0.1) is 18.3 Å². The summed E-state index contributed by atoms with van der Waals surface area (Å²) in [6.45, 7) is 6.29. The molecule has 1 saturated heterocycles. The van der Waals surface area contributed by atoms with E-state index in [1.54, 1.807) is 6.92 Å². The summed E-state index contributed by atoms with van der Waals surface area (Å²) in [5.74, 6) is 0.313. The van der Waals surface area contributed by atoms with Crippen molar-refractivity contribution in [3.05, 3.63) is 29.3 Å². The molecule has 1 aliphatic heterocycles. The molecule has 1 atom stereocenters. The van der Waals surface area contributed by atoms with Crippen molar-refractivity contribution < 1.29 is 23.0 Å². The third-order valence-corrected chi connectivity index (χ3v) is 3.92. The number of ether oxygens (including phenoxy) is 1. The van der Waals surface area contributed by atoms with Gasteiger partial charge in [-0.1, -0.05) is 0 Å². The molecule has 0 spiro atoms. The lowest BCUT2D eigenvalue weighted by atomic mass is 10.0. The number of nitrogens with one attached hydrogen (secondary N) is 1. The number of rotatable bonds is 6. The maximum atomic E-state index is 12.9. The van der Waals surface area contributed by atoms with E-state index in [4.69, 9.17) is 4.74 Å². The van der Waals surface area contributed by atoms with E-state index < -0.39 is 17.8 Å². The highest BCUT2D eigenvalue weighted by Gasteiger charge is 2.32. The molecular formula is C16H23F3N2O2. The molecule has 1 fully saturated rings. The highest BCUT2D eigenvalue weighted by Crippen LogP contribution is 2.35. The normalized spacial score (nSPS) is 18.0. The van der Waals surface area contributed by atoms with Crippen LogP contribution in [0.3, 0.4) is 0 Å². The molecule has 1 heterocycles. The summed E-state index contributed by atoms with van der Waals surface area (Å²) in [4.78, 5) is 2.19. The Morgan fingerprint density at radius 1 is 1.30 bits per heavy atom. The molecule has 130 valence electrons. The first-order valence-electron chi connectivity index (χ1n) is 7.87. The Kier molecular flexibility index (Phi) is 6.26. The Hall–Kier alpha value is -1.31. The van der Waals surface area contributed by atoms with Crippen molar-refractivity contribution in [2.45, 2.75) is 25.6 Å². The Labute approximate surface area is 134 Å². The van der Waals surface area contributed by atoms with Crippen LogP contribution in [0.4, 0.5) is 13.2 Å². The van der Waals surface area contributed by atoms with Gasteiger partial charge in [-0.05, 0) is 31.5 Å². The van der Waals surface area contributed by atoms with Crippen LogP contribution in [0.25, 0.3) is 0 Å². The summed E-state index contributed by atoms with van der Waals surface area (Å²) in [5.41, 5.74) is -0.561. The number of halogens is 3. The number of alkyl halides is 3. The molecule has 2 N–H and O–H groups in total. The van der Waals surface area contributed by atoms with Crippen molar-refractivity contribution in [1.82, 2.24) is 10.2 Å². The quantitative estimate of drug-likeness (QED) is 0.840. The number of hydrogen-bond acceptors (Lipinski definition) is 4. The van der Waals surface area contributed by atoms with E-state index in [1.165, 1.54) is 6.07 Å². The maximum Gasteiger partial charge on any atom is 0.416 e. The molecule has 0 bridgehead atoms. The molecule has 2 rings (SSSR count). The van der Waals surface area contributed by atoms with Gasteiger partial charge in [-0.25, -0.2) is 0 Å². The lowest BCUT2D eigenvalue weighted by Crippen LogP contribution is -2.44. The van der Waals surface area contributed by atoms with Crippen molar-refractivity contribution in [2.24, 2.45) is 0 Å². The maximum absolute atomic E-state index is 12.9. The van der Waals surface area contributed by atoms with E-state index in [0.29, 0.717) is 25.3 Å². The number of aliphatic hydroxyl groups excluding tert-OH is 1. The minimum absolute atomic E-state index is 0.205. The molecule has 0 amide bonds. The van der Waals surface area contributed by atoms with Crippen molar-refractivity contribution in [3.8, 4) is 5.75 Å². The Morgan fingerprint density at radius 3 is 2.61 bits per heavy atom. The second-order valence-corrected chi connectivity index (χ2v) is 5.58. The van der Waals surface area contributed by atoms with Gasteiger partial charge in [0.2, 0.25) is 0 Å². The molecule has 0 aromatic heterocycles.